The van der Waals surface area contributed by atoms with Crippen molar-refractivity contribution in [2.24, 2.45) is 20.6 Å². The molecule has 2 rings (SSSR count). The summed E-state index contributed by atoms with van der Waals surface area (Å²) in [5, 5.41) is 45.8. The maximum absolute atomic E-state index is 9.63. The second-order valence-corrected chi connectivity index (χ2v) is 6.18. The molecule has 179 valence electrons. The Balaban J connectivity index is -0.000000350. The van der Waals surface area contributed by atoms with Crippen LogP contribution in [0.25, 0.3) is 0 Å². The molecule has 2 N–H and O–H groups in total. The van der Waals surface area contributed by atoms with Gasteiger partial charge in [-0.25, -0.2) is 0 Å². The summed E-state index contributed by atoms with van der Waals surface area (Å²) in [4.78, 5) is 3.78. The van der Waals surface area contributed by atoms with Gasteiger partial charge in [-0.1, -0.05) is 36.3 Å². The summed E-state index contributed by atoms with van der Waals surface area (Å²) in [7, 11) is 0. The first-order chi connectivity index (χ1) is 14.6. The van der Waals surface area contributed by atoms with Gasteiger partial charge in [-0.05, 0) is 39.8 Å². The molecule has 10 heteroatoms. The van der Waals surface area contributed by atoms with Crippen molar-refractivity contribution in [2.45, 2.75) is 41.5 Å². The summed E-state index contributed by atoms with van der Waals surface area (Å²) in [5.41, 5.74) is 4.58. The molecule has 0 aliphatic carbocycles. The Morgan fingerprint density at radius 2 is 1.25 bits per heavy atom. The molecule has 0 unspecified atom stereocenters. The third-order valence-electron chi connectivity index (χ3n) is 3.69. The van der Waals surface area contributed by atoms with Crippen LogP contribution >= 0.6 is 0 Å². The van der Waals surface area contributed by atoms with Crippen LogP contribution < -0.4 is 0 Å². The predicted molar refractivity (Wildman–Crippen MR) is 127 cm³/mol. The van der Waals surface area contributed by atoms with Gasteiger partial charge in [0, 0.05) is 29.2 Å². The molecule has 1 aromatic heterocycles. The van der Waals surface area contributed by atoms with Crippen molar-refractivity contribution in [3.63, 3.8) is 0 Å². The van der Waals surface area contributed by atoms with E-state index < -0.39 is 0 Å². The van der Waals surface area contributed by atoms with Crippen LogP contribution in [0.2, 0.25) is 0 Å². The first-order valence-corrected chi connectivity index (χ1v) is 9.10. The van der Waals surface area contributed by atoms with E-state index in [9.17, 15) is 10.4 Å². The van der Waals surface area contributed by atoms with E-state index in [1.807, 2.05) is 18.2 Å². The fourth-order valence-corrected chi connectivity index (χ4v) is 1.39. The van der Waals surface area contributed by atoms with E-state index in [4.69, 9.17) is 10.4 Å². The number of nitrogens with zero attached hydrogens (tertiary/aromatic N) is 5. The fourth-order valence-electron chi connectivity index (χ4n) is 1.39. The Kier molecular flexibility index (Phi) is 21.7. The molecule has 9 nitrogen and oxygen atoms in total. The summed E-state index contributed by atoms with van der Waals surface area (Å²) >= 11 is 0. The third-order valence-corrected chi connectivity index (χ3v) is 3.69. The Morgan fingerprint density at radius 3 is 1.44 bits per heavy atom. The maximum Gasteiger partial charge on any atom is 0.0967 e. The van der Waals surface area contributed by atoms with Gasteiger partial charge in [0.05, 0.1) is 22.8 Å². The van der Waals surface area contributed by atoms with Crippen LogP contribution in [0.1, 0.15) is 44.4 Å². The van der Waals surface area contributed by atoms with Crippen LogP contribution in [0.5, 0.6) is 0 Å². The van der Waals surface area contributed by atoms with Crippen LogP contribution in [0.15, 0.2) is 69.4 Å². The number of rotatable bonds is 2. The Morgan fingerprint density at radius 1 is 0.812 bits per heavy atom. The summed E-state index contributed by atoms with van der Waals surface area (Å²) < 4.78 is 0. The largest absolute Gasteiger partial charge is 0.792 e. The second-order valence-electron chi connectivity index (χ2n) is 6.18. The van der Waals surface area contributed by atoms with Gasteiger partial charge in [-0.2, -0.15) is 24.1 Å². The zero-order chi connectivity index (χ0) is 24.2. The Labute approximate surface area is 200 Å². The quantitative estimate of drug-likeness (QED) is 0.260. The monoisotopic (exact) mass is 487 g/mol. The molecule has 0 saturated heterocycles. The zero-order valence-corrected chi connectivity index (χ0v) is 20.1. The van der Waals surface area contributed by atoms with Crippen molar-refractivity contribution in [1.29, 1.82) is 0 Å². The van der Waals surface area contributed by atoms with Crippen molar-refractivity contribution >= 4 is 22.8 Å². The van der Waals surface area contributed by atoms with Crippen molar-refractivity contribution in [3.8, 4) is 0 Å². The average Bonchev–Trinajstić information content (AvgIpc) is 2.81. The first-order valence-electron chi connectivity index (χ1n) is 9.10. The molecule has 0 bridgehead atoms. The normalized spacial score (nSPS) is 11.3. The number of aromatic nitrogens is 1. The van der Waals surface area contributed by atoms with E-state index in [1.165, 1.54) is 38.8 Å². The molecule has 0 aliphatic heterocycles. The number of hydrogen-bond acceptors (Lipinski definition) is 9. The van der Waals surface area contributed by atoms with E-state index in [0.29, 0.717) is 0 Å². The predicted octanol–water partition coefficient (Wildman–Crippen LogP) is 5.16. The molecule has 0 aliphatic rings. The fraction of sp³-hybridized carbons (Fsp3) is 0.273. The van der Waals surface area contributed by atoms with E-state index in [1.54, 1.807) is 12.4 Å². The van der Waals surface area contributed by atoms with E-state index >= 15 is 0 Å². The molecule has 0 atom stereocenters. The summed E-state index contributed by atoms with van der Waals surface area (Å²) in [6, 6.07) is 12.0. The van der Waals surface area contributed by atoms with Crippen molar-refractivity contribution in [3.05, 3.63) is 82.8 Å². The number of oxime groups is 2. The molecule has 1 radical (unpaired) electrons. The maximum atomic E-state index is 9.63. The van der Waals surface area contributed by atoms with Crippen LogP contribution in [0.4, 0.5) is 0 Å². The van der Waals surface area contributed by atoms with Gasteiger partial charge in [0.15, 0.2) is 0 Å². The molecular weight excluding hydrogens is 457 g/mol. The van der Waals surface area contributed by atoms with Gasteiger partial charge in [-0.15, -0.1) is 11.6 Å². The molecule has 0 fully saturated rings. The van der Waals surface area contributed by atoms with Crippen LogP contribution in [-0.4, -0.2) is 38.2 Å². The first kappa shape index (κ1) is 33.3. The SMILES string of the molecule is CC(=N\[O-])/C(C)=N/O.CC(=N\[O-])/C(C)=N/O.[CH2-]c1cc(C)ccc1C.[Co].c1ccncc1. The number of pyridine rings is 1. The van der Waals surface area contributed by atoms with Gasteiger partial charge in [-0.3, -0.25) is 4.98 Å². The average molecular weight is 487 g/mol. The Bertz CT molecular complexity index is 779. The van der Waals surface area contributed by atoms with Gasteiger partial charge >= 0.3 is 0 Å². The molecule has 1 aromatic carbocycles. The smallest absolute Gasteiger partial charge is 0.0967 e. The second kappa shape index (κ2) is 20.9. The van der Waals surface area contributed by atoms with Crippen LogP contribution in [-0.2, 0) is 16.8 Å². The summed E-state index contributed by atoms with van der Waals surface area (Å²) in [6.45, 7) is 14.0. The van der Waals surface area contributed by atoms with E-state index in [-0.39, 0.29) is 39.6 Å². The van der Waals surface area contributed by atoms with E-state index in [0.717, 1.165) is 5.56 Å². The molecule has 0 spiro atoms. The van der Waals surface area contributed by atoms with Crippen molar-refractivity contribution < 1.29 is 27.2 Å². The summed E-state index contributed by atoms with van der Waals surface area (Å²) in [6.07, 6.45) is 3.50. The van der Waals surface area contributed by atoms with Crippen molar-refractivity contribution in [1.82, 2.24) is 4.98 Å². The number of hydrogen-bond donors (Lipinski definition) is 2. The number of benzene rings is 1. The van der Waals surface area contributed by atoms with Crippen LogP contribution in [0, 0.1) is 31.2 Å². The minimum absolute atomic E-state index is 0. The van der Waals surface area contributed by atoms with Gasteiger partial charge in [0.1, 0.15) is 0 Å². The summed E-state index contributed by atoms with van der Waals surface area (Å²) in [5.74, 6) is 0. The van der Waals surface area contributed by atoms with Crippen LogP contribution in [0.3, 0.4) is 0 Å². The Hall–Kier alpha value is -3.37. The molecule has 0 saturated carbocycles. The third kappa shape index (κ3) is 17.5. The number of aryl methyl sites for hydroxylation is 2. The molecule has 2 aromatic rings. The molecule has 0 amide bonds. The topological polar surface area (TPSA) is 149 Å². The molecule has 1 heterocycles. The minimum Gasteiger partial charge on any atom is -0.792 e. The molecular formula is C22H30CoN5O4-3. The van der Waals surface area contributed by atoms with Gasteiger partial charge < -0.3 is 31.1 Å². The zero-order valence-electron chi connectivity index (χ0n) is 19.1. The molecule has 32 heavy (non-hydrogen) atoms. The van der Waals surface area contributed by atoms with Crippen molar-refractivity contribution in [2.75, 3.05) is 0 Å². The minimum atomic E-state index is 0. The van der Waals surface area contributed by atoms with Gasteiger partial charge in [0.2, 0.25) is 0 Å². The van der Waals surface area contributed by atoms with Gasteiger partial charge in [0.25, 0.3) is 0 Å². The standard InChI is InChI=1S/C9H11.C5H5N.2C4H8N2O2.Co/c1-7-4-5-8(2)9(3)6-7;1-2-4-6-5-3-1;2*1-3(5-7)4(2)6-8;/h4-6H,3H2,1-2H3;1-5H;2*7-8H,1-2H3;/q-1;;;;/p-2/b;;2*5-3+,6-4+;. The van der Waals surface area contributed by atoms with E-state index in [2.05, 4.69) is 64.6 Å².